The van der Waals surface area contributed by atoms with Crippen molar-refractivity contribution in [3.05, 3.63) is 6.08 Å². The molecule has 3 heteroatoms. The van der Waals surface area contributed by atoms with E-state index in [-0.39, 0.29) is 0 Å². The van der Waals surface area contributed by atoms with Gasteiger partial charge in [0.05, 0.1) is 6.08 Å². The highest BCUT2D eigenvalue weighted by Gasteiger charge is 1.81. The highest BCUT2D eigenvalue weighted by Crippen LogP contribution is 1.66. The molecule has 0 heterocycles. The predicted octanol–water partition coefficient (Wildman–Crippen LogP) is -1.32. The average Bonchev–Trinajstić information content (AvgIpc) is 1.35. The summed E-state index contributed by atoms with van der Waals surface area (Å²) >= 11 is 0. The molecule has 0 aromatic rings. The highest BCUT2D eigenvalue weighted by molar-refractivity contribution is 5.45. The Balaban J connectivity index is 3.29. The number of aliphatic hydroxyl groups excluding tert-OH is 1. The third-order valence-electron chi connectivity index (χ3n) is 0.217. The minimum Gasteiger partial charge on any atom is -0.364 e. The lowest BCUT2D eigenvalue weighted by Gasteiger charge is -1.82. The van der Waals surface area contributed by atoms with Crippen molar-refractivity contribution in [1.29, 1.82) is 0 Å². The summed E-state index contributed by atoms with van der Waals surface area (Å²) in [7, 11) is 0. The van der Waals surface area contributed by atoms with Crippen LogP contribution in [0.15, 0.2) is 6.08 Å². The minimum absolute atomic E-state index is 0.597. The largest absolute Gasteiger partial charge is 0.364 e. The average molecular weight is 88.1 g/mol. The Labute approximate surface area is 34.5 Å². The minimum atomic E-state index is -1.65. The van der Waals surface area contributed by atoms with Crippen molar-refractivity contribution < 1.29 is 15.0 Å². The van der Waals surface area contributed by atoms with Gasteiger partial charge in [-0.25, -0.2) is 4.79 Å². The van der Waals surface area contributed by atoms with E-state index in [4.69, 9.17) is 15.0 Å². The molecule has 0 aromatic carbocycles. The first-order valence-corrected chi connectivity index (χ1v) is 1.34. The molecule has 0 atom stereocenters. The van der Waals surface area contributed by atoms with Crippen LogP contribution >= 0.6 is 0 Å². The smallest absolute Gasteiger partial charge is 0.182 e. The third kappa shape index (κ3) is 3.37. The summed E-state index contributed by atoms with van der Waals surface area (Å²) < 4.78 is 0. The Bertz CT molecular complexity index is 70.1. The first-order valence-electron chi connectivity index (χ1n) is 1.34. The van der Waals surface area contributed by atoms with Crippen molar-refractivity contribution >= 4 is 5.94 Å². The van der Waals surface area contributed by atoms with Crippen LogP contribution in [-0.2, 0) is 4.79 Å². The van der Waals surface area contributed by atoms with Gasteiger partial charge in [0.25, 0.3) is 0 Å². The van der Waals surface area contributed by atoms with Crippen LogP contribution in [0.3, 0.4) is 0 Å². The zero-order chi connectivity index (χ0) is 4.99. The lowest BCUT2D eigenvalue weighted by Crippen LogP contribution is -1.96. The van der Waals surface area contributed by atoms with E-state index in [2.05, 4.69) is 0 Å². The zero-order valence-corrected chi connectivity index (χ0v) is 2.96. The number of carbonyl (C=O) groups excluding carboxylic acids is 1. The SMILES string of the molecule is O=C=CC(O)O. The van der Waals surface area contributed by atoms with Crippen LogP contribution < -0.4 is 0 Å². The fourth-order valence-electron chi connectivity index (χ4n) is 0.0609. The van der Waals surface area contributed by atoms with Crippen LogP contribution in [0.4, 0.5) is 0 Å². The second kappa shape index (κ2) is 2.60. The lowest BCUT2D eigenvalue weighted by molar-refractivity contribution is 0.00326. The van der Waals surface area contributed by atoms with Gasteiger partial charge in [0.1, 0.15) is 5.94 Å². The molecule has 0 aromatic heterocycles. The van der Waals surface area contributed by atoms with Gasteiger partial charge >= 0.3 is 0 Å². The fourth-order valence-corrected chi connectivity index (χ4v) is 0.0609. The van der Waals surface area contributed by atoms with Crippen molar-refractivity contribution in [2.24, 2.45) is 0 Å². The van der Waals surface area contributed by atoms with Crippen LogP contribution in [0.25, 0.3) is 0 Å². The van der Waals surface area contributed by atoms with E-state index in [1.54, 1.807) is 0 Å². The zero-order valence-electron chi connectivity index (χ0n) is 2.96. The van der Waals surface area contributed by atoms with Gasteiger partial charge in [-0.3, -0.25) is 0 Å². The summed E-state index contributed by atoms with van der Waals surface area (Å²) in [6.45, 7) is 0. The molecule has 6 heavy (non-hydrogen) atoms. The van der Waals surface area contributed by atoms with E-state index < -0.39 is 6.29 Å². The number of rotatable bonds is 1. The molecular formula is C3H4O3. The van der Waals surface area contributed by atoms with Gasteiger partial charge in [0.2, 0.25) is 0 Å². The number of hydrogen-bond donors (Lipinski definition) is 2. The third-order valence-corrected chi connectivity index (χ3v) is 0.217. The Morgan fingerprint density at radius 3 is 2.17 bits per heavy atom. The van der Waals surface area contributed by atoms with Gasteiger partial charge in [0, 0.05) is 0 Å². The molecule has 0 rings (SSSR count). The van der Waals surface area contributed by atoms with Crippen LogP contribution in [0, 0.1) is 0 Å². The first kappa shape index (κ1) is 5.37. The summed E-state index contributed by atoms with van der Waals surface area (Å²) in [6, 6.07) is 0. The molecule has 3 nitrogen and oxygen atoms in total. The first-order chi connectivity index (χ1) is 2.77. The van der Waals surface area contributed by atoms with E-state index >= 15 is 0 Å². The van der Waals surface area contributed by atoms with Crippen molar-refractivity contribution in [2.45, 2.75) is 6.29 Å². The molecular weight excluding hydrogens is 84.0 g/mol. The topological polar surface area (TPSA) is 57.5 Å². The maximum atomic E-state index is 9.11. The summed E-state index contributed by atoms with van der Waals surface area (Å²) in [4.78, 5) is 9.11. The van der Waals surface area contributed by atoms with Gasteiger partial charge < -0.3 is 10.2 Å². The van der Waals surface area contributed by atoms with Crippen LogP contribution in [0.1, 0.15) is 0 Å². The molecule has 0 bridgehead atoms. The van der Waals surface area contributed by atoms with Gasteiger partial charge in [-0.05, 0) is 0 Å². The quantitative estimate of drug-likeness (QED) is 0.309. The van der Waals surface area contributed by atoms with Crippen molar-refractivity contribution in [1.82, 2.24) is 0 Å². The normalized spacial score (nSPS) is 7.83. The molecule has 0 unspecified atom stereocenters. The Morgan fingerprint density at radius 1 is 1.67 bits per heavy atom. The fraction of sp³-hybridized carbons (Fsp3) is 0.333. The van der Waals surface area contributed by atoms with E-state index in [1.807, 2.05) is 0 Å². The van der Waals surface area contributed by atoms with Crippen LogP contribution in [0.2, 0.25) is 0 Å². The Kier molecular flexibility index (Phi) is 2.33. The Morgan fingerprint density at radius 2 is 2.17 bits per heavy atom. The molecule has 0 aliphatic rings. The van der Waals surface area contributed by atoms with Crippen LogP contribution in [0.5, 0.6) is 0 Å². The molecule has 0 saturated carbocycles. The second-order valence-electron chi connectivity index (χ2n) is 0.698. The molecule has 0 aliphatic heterocycles. The summed E-state index contributed by atoms with van der Waals surface area (Å²) in [5.74, 6) is 1.19. The van der Waals surface area contributed by atoms with Gasteiger partial charge in [-0.1, -0.05) is 0 Å². The molecule has 34 valence electrons. The van der Waals surface area contributed by atoms with Crippen LogP contribution in [-0.4, -0.2) is 22.4 Å². The van der Waals surface area contributed by atoms with Crippen molar-refractivity contribution in [3.63, 3.8) is 0 Å². The van der Waals surface area contributed by atoms with E-state index in [9.17, 15) is 0 Å². The number of aliphatic hydroxyl groups is 2. The maximum absolute atomic E-state index is 9.11. The lowest BCUT2D eigenvalue weighted by atomic mass is 10.6. The van der Waals surface area contributed by atoms with Crippen molar-refractivity contribution in [3.8, 4) is 0 Å². The monoisotopic (exact) mass is 88.0 g/mol. The molecule has 0 spiro atoms. The summed E-state index contributed by atoms with van der Waals surface area (Å²) in [5, 5.41) is 15.6. The molecule has 0 radical (unpaired) electrons. The molecule has 2 N–H and O–H groups in total. The van der Waals surface area contributed by atoms with Gasteiger partial charge in [-0.2, -0.15) is 0 Å². The summed E-state index contributed by atoms with van der Waals surface area (Å²) in [5.41, 5.74) is 0. The Hall–Kier alpha value is -0.630. The standard InChI is InChI=1S/C3H4O3/c4-2-1-3(5)6/h1,3,5-6H. The van der Waals surface area contributed by atoms with Gasteiger partial charge in [-0.15, -0.1) is 0 Å². The van der Waals surface area contributed by atoms with E-state index in [0.717, 1.165) is 0 Å². The molecule has 0 saturated heterocycles. The molecule has 0 fully saturated rings. The van der Waals surface area contributed by atoms with Gasteiger partial charge in [0.15, 0.2) is 6.29 Å². The summed E-state index contributed by atoms with van der Waals surface area (Å²) in [6.07, 6.45) is -1.05. The number of hydrogen-bond acceptors (Lipinski definition) is 3. The highest BCUT2D eigenvalue weighted by atomic mass is 16.5. The van der Waals surface area contributed by atoms with E-state index in [0.29, 0.717) is 6.08 Å². The van der Waals surface area contributed by atoms with E-state index in [1.165, 1.54) is 5.94 Å². The second-order valence-corrected chi connectivity index (χ2v) is 0.698. The van der Waals surface area contributed by atoms with Crippen molar-refractivity contribution in [2.75, 3.05) is 0 Å². The molecule has 0 amide bonds. The molecule has 0 aliphatic carbocycles. The maximum Gasteiger partial charge on any atom is 0.182 e. The predicted molar refractivity (Wildman–Crippen MR) is 18.5 cm³/mol.